The topological polar surface area (TPSA) is 58.6 Å². The molecule has 1 aliphatic heterocycles. The highest BCUT2D eigenvalue weighted by Gasteiger charge is 2.29. The fourth-order valence-corrected chi connectivity index (χ4v) is 1.72. The first-order valence-electron chi connectivity index (χ1n) is 5.26. The lowest BCUT2D eigenvalue weighted by molar-refractivity contribution is -0.108. The van der Waals surface area contributed by atoms with E-state index in [9.17, 15) is 9.59 Å². The predicted octanol–water partition coefficient (Wildman–Crippen LogP) is 0.742. The van der Waals surface area contributed by atoms with Gasteiger partial charge in [0, 0.05) is 20.0 Å². The molecule has 1 heterocycles. The lowest BCUT2D eigenvalue weighted by Gasteiger charge is -2.27. The van der Waals surface area contributed by atoms with Crippen LogP contribution in [0.4, 0.5) is 4.79 Å². The zero-order valence-electron chi connectivity index (χ0n) is 9.23. The zero-order chi connectivity index (χ0) is 11.3. The van der Waals surface area contributed by atoms with Gasteiger partial charge in [0.1, 0.15) is 12.5 Å². The van der Waals surface area contributed by atoms with E-state index in [1.54, 1.807) is 11.9 Å². The van der Waals surface area contributed by atoms with Gasteiger partial charge < -0.3 is 14.8 Å². The van der Waals surface area contributed by atoms with Crippen LogP contribution < -0.4 is 5.32 Å². The van der Waals surface area contributed by atoms with Crippen molar-refractivity contribution in [2.45, 2.75) is 38.5 Å². The maximum Gasteiger partial charge on any atom is 0.319 e. The molecule has 1 aliphatic rings. The minimum Gasteiger partial charge on any atom is -0.355 e. The molecular weight excluding hydrogens is 196 g/mol. The third-order valence-electron chi connectivity index (χ3n) is 2.52. The van der Waals surface area contributed by atoms with Gasteiger partial charge in [0.15, 0.2) is 0 Å². The fourth-order valence-electron chi connectivity index (χ4n) is 1.72. The number of urea groups is 1. The fraction of sp³-hybridized carbons (Fsp3) is 0.800. The van der Waals surface area contributed by atoms with Gasteiger partial charge in [-0.15, -0.1) is 0 Å². The number of aldehydes is 1. The molecule has 0 radical (unpaired) electrons. The second-order valence-electron chi connectivity index (χ2n) is 3.68. The van der Waals surface area contributed by atoms with E-state index in [1.807, 2.05) is 6.92 Å². The normalized spacial score (nSPS) is 24.9. The smallest absolute Gasteiger partial charge is 0.319 e. The second kappa shape index (κ2) is 5.70. The lowest BCUT2D eigenvalue weighted by atomic mass is 10.2. The van der Waals surface area contributed by atoms with E-state index in [-0.39, 0.29) is 18.4 Å². The minimum absolute atomic E-state index is 0.181. The molecule has 5 heteroatoms. The summed E-state index contributed by atoms with van der Waals surface area (Å²) < 4.78 is 5.59. The molecule has 86 valence electrons. The average molecular weight is 214 g/mol. The molecule has 0 bridgehead atoms. The van der Waals surface area contributed by atoms with Gasteiger partial charge in [0.05, 0.1) is 6.10 Å². The summed E-state index contributed by atoms with van der Waals surface area (Å²) in [7, 11) is 1.58. The number of nitrogens with one attached hydrogen (secondary N) is 1. The van der Waals surface area contributed by atoms with Crippen molar-refractivity contribution < 1.29 is 14.3 Å². The molecule has 2 amide bonds. The Morgan fingerprint density at radius 1 is 1.60 bits per heavy atom. The van der Waals surface area contributed by atoms with Gasteiger partial charge in [0.25, 0.3) is 0 Å². The van der Waals surface area contributed by atoms with E-state index in [2.05, 4.69) is 5.32 Å². The molecule has 1 saturated heterocycles. The van der Waals surface area contributed by atoms with E-state index in [4.69, 9.17) is 4.74 Å². The number of carbonyl (C=O) groups excluding carboxylic acids is 2. The number of rotatable bonds is 4. The van der Waals surface area contributed by atoms with Crippen LogP contribution in [-0.2, 0) is 9.53 Å². The first-order chi connectivity index (χ1) is 7.19. The summed E-state index contributed by atoms with van der Waals surface area (Å²) in [6.07, 6.45) is 2.97. The summed E-state index contributed by atoms with van der Waals surface area (Å²) in [6.45, 7) is 2.41. The molecule has 0 aliphatic carbocycles. The third-order valence-corrected chi connectivity index (χ3v) is 2.52. The quantitative estimate of drug-likeness (QED) is 0.702. The third kappa shape index (κ3) is 3.20. The molecule has 5 nitrogen and oxygen atoms in total. The molecule has 0 aromatic carbocycles. The number of hydrogen-bond acceptors (Lipinski definition) is 3. The highest BCUT2D eigenvalue weighted by Crippen LogP contribution is 2.22. The van der Waals surface area contributed by atoms with Gasteiger partial charge in [-0.1, -0.05) is 0 Å². The predicted molar refractivity (Wildman–Crippen MR) is 55.4 cm³/mol. The van der Waals surface area contributed by atoms with Gasteiger partial charge in [-0.2, -0.15) is 0 Å². The molecule has 1 rings (SSSR count). The Bertz CT molecular complexity index is 233. The van der Waals surface area contributed by atoms with Crippen LogP contribution in [0.2, 0.25) is 0 Å². The van der Waals surface area contributed by atoms with Gasteiger partial charge in [-0.05, 0) is 19.8 Å². The van der Waals surface area contributed by atoms with Gasteiger partial charge in [-0.25, -0.2) is 4.79 Å². The van der Waals surface area contributed by atoms with Gasteiger partial charge in [0.2, 0.25) is 0 Å². The molecule has 0 unspecified atom stereocenters. The van der Waals surface area contributed by atoms with E-state index in [1.165, 1.54) is 0 Å². The summed E-state index contributed by atoms with van der Waals surface area (Å²) in [5, 5.41) is 2.56. The van der Waals surface area contributed by atoms with Crippen LogP contribution in [0.3, 0.4) is 0 Å². The largest absolute Gasteiger partial charge is 0.355 e. The Hall–Kier alpha value is -1.10. The van der Waals surface area contributed by atoms with E-state index >= 15 is 0 Å². The Morgan fingerprint density at radius 2 is 2.33 bits per heavy atom. The molecule has 0 saturated carbocycles. The van der Waals surface area contributed by atoms with Gasteiger partial charge >= 0.3 is 6.03 Å². The highest BCUT2D eigenvalue weighted by molar-refractivity contribution is 5.74. The molecule has 1 N–H and O–H groups in total. The number of hydrogen-bond donors (Lipinski definition) is 1. The van der Waals surface area contributed by atoms with Gasteiger partial charge in [-0.3, -0.25) is 4.90 Å². The van der Waals surface area contributed by atoms with Crippen LogP contribution in [0, 0.1) is 0 Å². The summed E-state index contributed by atoms with van der Waals surface area (Å²) in [6, 6.07) is -0.184. The van der Waals surface area contributed by atoms with Crippen LogP contribution in [0.5, 0.6) is 0 Å². The summed E-state index contributed by atoms with van der Waals surface area (Å²) in [4.78, 5) is 23.4. The summed E-state index contributed by atoms with van der Waals surface area (Å²) >= 11 is 0. The Kier molecular flexibility index (Phi) is 4.55. The Labute approximate surface area is 89.8 Å². The second-order valence-corrected chi connectivity index (χ2v) is 3.68. The number of carbonyl (C=O) groups is 2. The minimum atomic E-state index is -0.184. The van der Waals surface area contributed by atoms with Crippen molar-refractivity contribution in [3.63, 3.8) is 0 Å². The number of nitrogens with zero attached hydrogens (tertiary/aromatic N) is 1. The number of ether oxygens (including phenoxy) is 1. The Morgan fingerprint density at radius 3 is 2.80 bits per heavy atom. The van der Waals surface area contributed by atoms with Crippen molar-refractivity contribution in [3.05, 3.63) is 0 Å². The van der Waals surface area contributed by atoms with Crippen LogP contribution in [0.15, 0.2) is 0 Å². The van der Waals surface area contributed by atoms with Crippen LogP contribution in [0.1, 0.15) is 26.2 Å². The van der Waals surface area contributed by atoms with Crippen molar-refractivity contribution >= 4 is 12.3 Å². The molecule has 0 aromatic rings. The van der Waals surface area contributed by atoms with Crippen LogP contribution >= 0.6 is 0 Å². The molecule has 2 atom stereocenters. The van der Waals surface area contributed by atoms with Crippen molar-refractivity contribution in [1.29, 1.82) is 0 Å². The highest BCUT2D eigenvalue weighted by atomic mass is 16.5. The molecule has 15 heavy (non-hydrogen) atoms. The SMILES string of the molecule is CNC(=O)N(CCC=O)[C@@H]1CC[C@H](C)O1. The molecule has 0 aromatic heterocycles. The van der Waals surface area contributed by atoms with E-state index in [0.29, 0.717) is 13.0 Å². The maximum atomic E-state index is 11.5. The average Bonchev–Trinajstić information content (AvgIpc) is 2.65. The van der Waals surface area contributed by atoms with Crippen molar-refractivity contribution in [1.82, 2.24) is 10.2 Å². The maximum absolute atomic E-state index is 11.5. The van der Waals surface area contributed by atoms with Crippen molar-refractivity contribution in [2.24, 2.45) is 0 Å². The standard InChI is InChI=1S/C10H18N2O3/c1-8-4-5-9(15-8)12(6-3-7-13)10(14)11-2/h7-9H,3-6H2,1-2H3,(H,11,14)/t8-,9-/m0/s1. The van der Waals surface area contributed by atoms with Crippen molar-refractivity contribution in [2.75, 3.05) is 13.6 Å². The van der Waals surface area contributed by atoms with E-state index in [0.717, 1.165) is 19.1 Å². The summed E-state index contributed by atoms with van der Waals surface area (Å²) in [5.41, 5.74) is 0. The Balaban J connectivity index is 2.54. The van der Waals surface area contributed by atoms with Crippen molar-refractivity contribution in [3.8, 4) is 0 Å². The lowest BCUT2D eigenvalue weighted by Crippen LogP contribution is -2.45. The number of amides is 2. The van der Waals surface area contributed by atoms with Crippen LogP contribution in [-0.4, -0.2) is 43.1 Å². The monoisotopic (exact) mass is 214 g/mol. The van der Waals surface area contributed by atoms with E-state index < -0.39 is 0 Å². The zero-order valence-corrected chi connectivity index (χ0v) is 9.23. The molecular formula is C10H18N2O3. The molecule has 1 fully saturated rings. The summed E-state index contributed by atoms with van der Waals surface area (Å²) in [5.74, 6) is 0. The first kappa shape index (κ1) is 12.0. The molecule has 0 spiro atoms. The first-order valence-corrected chi connectivity index (χ1v) is 5.26. The van der Waals surface area contributed by atoms with Crippen LogP contribution in [0.25, 0.3) is 0 Å².